The quantitative estimate of drug-likeness (QED) is 0.0525. The fourth-order valence-electron chi connectivity index (χ4n) is 10.6. The first-order valence-electron chi connectivity index (χ1n) is 28.8. The number of ketones is 4. The highest BCUT2D eigenvalue weighted by Gasteiger charge is 2.44. The van der Waals surface area contributed by atoms with Gasteiger partial charge in [-0.25, -0.2) is 0 Å². The van der Waals surface area contributed by atoms with Crippen LogP contribution in [0.2, 0.25) is 0 Å². The number of carbonyl (C=O) groups excluding carboxylic acids is 8. The average molecular weight is 1130 g/mol. The Labute approximate surface area is 475 Å². The van der Waals surface area contributed by atoms with Gasteiger partial charge in [-0.2, -0.15) is 0 Å². The maximum atomic E-state index is 14.8. The van der Waals surface area contributed by atoms with Crippen molar-refractivity contribution in [2.24, 2.45) is 35.5 Å². The van der Waals surface area contributed by atoms with E-state index >= 15 is 0 Å². The molecule has 2 rings (SSSR count). The van der Waals surface area contributed by atoms with Crippen molar-refractivity contribution in [1.29, 1.82) is 0 Å². The number of methoxy groups -OCH3 is 2. The molecule has 0 aliphatic carbocycles. The highest BCUT2D eigenvalue weighted by atomic mass is 32.2. The van der Waals surface area contributed by atoms with Crippen LogP contribution in [0, 0.1) is 35.5 Å². The first-order chi connectivity index (χ1) is 37.8. The predicted octanol–water partition coefficient (Wildman–Crippen LogP) is 6.30. The minimum Gasteiger partial charge on any atom is -0.481 e. The fourth-order valence-corrected chi connectivity index (χ4v) is 11.9. The second kappa shape index (κ2) is 35.6. The van der Waals surface area contributed by atoms with E-state index in [0.29, 0.717) is 45.1 Å². The molecule has 0 aromatic heterocycles. The number of rotatable bonds is 40. The lowest BCUT2D eigenvalue weighted by Gasteiger charge is -2.41. The smallest absolute Gasteiger partial charge is 0.307 e. The number of carboxylic acid groups (broad SMARTS) is 2. The normalized spacial score (nSPS) is 17.5. The lowest BCUT2D eigenvalue weighted by atomic mass is 9.83. The topological polar surface area (TPSA) is 263 Å². The number of hydrogen-bond donors (Lipinski definition) is 4. The number of aliphatic carboxylic acids is 2. The SMILES string of the molecule is [3H]CCC(=O)CNC(CSC(CC(=O)O)C(=O)NCCCCCC(=O)N(C)[C@H](C(=O)C[C@H](C(=O)N(C)C([C@@H](C)CC)[C@@H](CC(=O)N1CCC[C@H]1[C@H](OC)[C@@H](C)C(=O)C[C@@H](Cc1ccccc1)C(=O)O)OC)C(C)C)C(C)C)C(C)=O. The van der Waals surface area contributed by atoms with Gasteiger partial charge in [0.25, 0.3) is 0 Å². The number of amides is 4. The Morgan fingerprint density at radius 3 is 2.08 bits per heavy atom. The zero-order valence-corrected chi connectivity index (χ0v) is 50.0. The summed E-state index contributed by atoms with van der Waals surface area (Å²) in [5, 5.41) is 24.1. The first kappa shape index (κ1) is 68.2. The second-order valence-corrected chi connectivity index (χ2v) is 23.3. The molecule has 0 spiro atoms. The Hall–Kier alpha value is -5.05. The van der Waals surface area contributed by atoms with Gasteiger partial charge in [0.1, 0.15) is 17.3 Å². The molecule has 1 fully saturated rings. The molecular weight excluding hydrogens is 1030 g/mol. The monoisotopic (exact) mass is 1130 g/mol. The molecule has 19 nitrogen and oxygen atoms in total. The van der Waals surface area contributed by atoms with E-state index in [1.807, 2.05) is 71.9 Å². The molecule has 11 atom stereocenters. The van der Waals surface area contributed by atoms with E-state index in [-0.39, 0.29) is 123 Å². The molecule has 1 saturated heterocycles. The van der Waals surface area contributed by atoms with Gasteiger partial charge in [0.2, 0.25) is 23.6 Å². The Bertz CT molecular complexity index is 2190. The molecule has 0 bridgehead atoms. The van der Waals surface area contributed by atoms with E-state index in [1.54, 1.807) is 30.8 Å². The van der Waals surface area contributed by atoms with Crippen LogP contribution in [0.4, 0.5) is 0 Å². The largest absolute Gasteiger partial charge is 0.481 e. The molecular formula is C59H95N5O14S. The summed E-state index contributed by atoms with van der Waals surface area (Å²) in [7, 11) is 6.27. The Balaban J connectivity index is 2.12. The number of likely N-dealkylation sites (N-methyl/N-ethyl adjacent to an activating group) is 2. The molecule has 20 heteroatoms. The lowest BCUT2D eigenvalue weighted by Crippen LogP contribution is -2.54. The van der Waals surface area contributed by atoms with Crippen LogP contribution >= 0.6 is 11.8 Å². The zero-order chi connectivity index (χ0) is 60.4. The molecule has 1 aliphatic rings. The Morgan fingerprint density at radius 1 is 0.848 bits per heavy atom. The van der Waals surface area contributed by atoms with Gasteiger partial charge in [-0.3, -0.25) is 53.3 Å². The number of nitrogens with one attached hydrogen (secondary N) is 2. The Morgan fingerprint density at radius 2 is 1.52 bits per heavy atom. The van der Waals surface area contributed by atoms with Crippen molar-refractivity contribution in [2.75, 3.05) is 53.7 Å². The van der Waals surface area contributed by atoms with E-state index in [0.717, 1.165) is 17.3 Å². The van der Waals surface area contributed by atoms with Gasteiger partial charge in [-0.15, -0.1) is 11.8 Å². The van der Waals surface area contributed by atoms with Crippen molar-refractivity contribution in [3.63, 3.8) is 0 Å². The summed E-state index contributed by atoms with van der Waals surface area (Å²) in [6.07, 6.45) is 1.43. The van der Waals surface area contributed by atoms with E-state index in [9.17, 15) is 58.2 Å². The number of carboxylic acids is 2. The van der Waals surface area contributed by atoms with Crippen molar-refractivity contribution in [3.8, 4) is 0 Å². The lowest BCUT2D eigenvalue weighted by molar-refractivity contribution is -0.150. The summed E-state index contributed by atoms with van der Waals surface area (Å²) in [5.41, 5.74) is 0.815. The third kappa shape index (κ3) is 22.4. The average Bonchev–Trinajstić information content (AvgIpc) is 3.89. The van der Waals surface area contributed by atoms with Crippen molar-refractivity contribution < 1.29 is 69.0 Å². The number of carbonyl (C=O) groups is 10. The van der Waals surface area contributed by atoms with Crippen molar-refractivity contribution in [3.05, 3.63) is 35.9 Å². The Kier molecular flexibility index (Phi) is 30.8. The van der Waals surface area contributed by atoms with Gasteiger partial charge >= 0.3 is 11.9 Å². The van der Waals surface area contributed by atoms with Crippen molar-refractivity contribution >= 4 is 70.5 Å². The molecule has 79 heavy (non-hydrogen) atoms. The minimum absolute atomic E-state index is 0.0380. The summed E-state index contributed by atoms with van der Waals surface area (Å²) in [5.74, 6) is -7.58. The maximum absolute atomic E-state index is 14.8. The third-order valence-corrected chi connectivity index (χ3v) is 16.9. The number of ether oxygens (including phenoxy) is 2. The maximum Gasteiger partial charge on any atom is 0.307 e. The summed E-state index contributed by atoms with van der Waals surface area (Å²) in [6, 6.07) is 6.53. The number of hydrogen-bond acceptors (Lipinski definition) is 14. The van der Waals surface area contributed by atoms with E-state index in [4.69, 9.17) is 10.8 Å². The number of benzene rings is 1. The number of Topliss-reactive ketones (excluding diaryl/α,β-unsaturated/α-hetero) is 4. The second-order valence-electron chi connectivity index (χ2n) is 22.1. The van der Waals surface area contributed by atoms with Crippen molar-refractivity contribution in [2.45, 2.75) is 187 Å². The van der Waals surface area contributed by atoms with Crippen LogP contribution in [-0.2, 0) is 63.8 Å². The van der Waals surface area contributed by atoms with Crippen molar-refractivity contribution in [1.82, 2.24) is 25.3 Å². The van der Waals surface area contributed by atoms with E-state index in [1.165, 1.54) is 26.0 Å². The first-order valence-corrected chi connectivity index (χ1v) is 29.2. The summed E-state index contributed by atoms with van der Waals surface area (Å²) in [4.78, 5) is 137. The zero-order valence-electron chi connectivity index (χ0n) is 50.2. The van der Waals surface area contributed by atoms with E-state index < -0.39 is 83.6 Å². The minimum atomic E-state index is -1.19. The molecule has 0 saturated carbocycles. The third-order valence-electron chi connectivity index (χ3n) is 15.6. The summed E-state index contributed by atoms with van der Waals surface area (Å²) < 4.78 is 19.2. The number of unbranched alkanes of at least 4 members (excludes halogenated alkanes) is 2. The number of thioether (sulfide) groups is 1. The molecule has 4 amide bonds. The van der Waals surface area contributed by atoms with Crippen LogP contribution in [0.1, 0.15) is 146 Å². The van der Waals surface area contributed by atoms with Crippen LogP contribution in [-0.4, -0.2) is 179 Å². The van der Waals surface area contributed by atoms with Gasteiger partial charge in [-0.05, 0) is 62.3 Å². The summed E-state index contributed by atoms with van der Waals surface area (Å²) in [6.45, 7) is 14.9. The molecule has 446 valence electrons. The van der Waals surface area contributed by atoms with Crippen LogP contribution < -0.4 is 10.6 Å². The molecule has 1 aliphatic heterocycles. The highest BCUT2D eigenvalue weighted by molar-refractivity contribution is 8.00. The fraction of sp³-hybridized carbons (Fsp3) is 0.729. The predicted molar refractivity (Wildman–Crippen MR) is 304 cm³/mol. The van der Waals surface area contributed by atoms with Gasteiger partial charge in [-0.1, -0.05) is 98.5 Å². The van der Waals surface area contributed by atoms with Crippen LogP contribution in [0.15, 0.2) is 30.3 Å². The molecule has 0 radical (unpaired) electrons. The number of nitrogens with zero attached hydrogens (tertiary/aromatic N) is 3. The van der Waals surface area contributed by atoms with Gasteiger partial charge in [0.15, 0.2) is 5.78 Å². The van der Waals surface area contributed by atoms with Gasteiger partial charge in [0.05, 0.1) is 66.9 Å². The van der Waals surface area contributed by atoms with E-state index in [2.05, 4.69) is 10.6 Å². The molecule has 1 aromatic carbocycles. The van der Waals surface area contributed by atoms with Crippen LogP contribution in [0.5, 0.6) is 0 Å². The molecule has 4 N–H and O–H groups in total. The molecule has 3 unspecified atom stereocenters. The van der Waals surface area contributed by atoms with Gasteiger partial charge in [0, 0.05) is 86.0 Å². The van der Waals surface area contributed by atoms with Gasteiger partial charge < -0.3 is 39.7 Å². The van der Waals surface area contributed by atoms with Crippen LogP contribution in [0.3, 0.4) is 0 Å². The number of likely N-dealkylation sites (tertiary alicyclic amines) is 1. The highest BCUT2D eigenvalue weighted by Crippen LogP contribution is 2.32. The van der Waals surface area contributed by atoms with Crippen LogP contribution in [0.25, 0.3) is 0 Å². The molecule has 1 heterocycles. The molecule has 1 aromatic rings. The summed E-state index contributed by atoms with van der Waals surface area (Å²) >= 11 is 1.00. The standard InChI is InChI=1S/C59H95N5O14S/c1-14-38(7)55(49(77-12)32-52(70)64-28-22-25-46(64)56(78-13)39(8)47(67)30-42(59(75)76)29-41-23-18-16-19-24-41)63(11)58(74)44(36(3)4)31-48(68)54(37(5)6)62(10)51(69)26-20-17-21-27-60-57(73)50(33-53(71)72)79-35-45(40(9)65)61-34-43(66)15-2/h16,18-19,23-24,36-39,42,44-46,49-50,54-56,61H,14-15,17,20-22,25-35H2,1-13H3,(H,60,73)(H,71,72)(H,75,76)/t38-,39-,42+,44-,45?,46-,49+,50?,54-,55?,56+/m0/s1/i2T.